The van der Waals surface area contributed by atoms with E-state index >= 15 is 0 Å². The molecule has 1 atom stereocenters. The van der Waals surface area contributed by atoms with Gasteiger partial charge in [-0.25, -0.2) is 9.97 Å². The molecule has 2 aromatic carbocycles. The number of ether oxygens (including phenoxy) is 1. The van der Waals surface area contributed by atoms with Crippen LogP contribution < -0.4 is 4.90 Å². The molecule has 1 aromatic heterocycles. The van der Waals surface area contributed by atoms with Gasteiger partial charge in [-0.15, -0.1) is 0 Å². The highest BCUT2D eigenvalue weighted by atomic mass is 16.5. The van der Waals surface area contributed by atoms with Gasteiger partial charge in [-0.05, 0) is 68.3 Å². The molecule has 1 fully saturated rings. The third-order valence-corrected chi connectivity index (χ3v) is 8.00. The predicted molar refractivity (Wildman–Crippen MR) is 148 cm³/mol. The van der Waals surface area contributed by atoms with E-state index in [9.17, 15) is 0 Å². The molecule has 5 heteroatoms. The monoisotopic (exact) mass is 484 g/mol. The van der Waals surface area contributed by atoms with Crippen LogP contribution in [-0.2, 0) is 30.5 Å². The normalized spacial score (nSPS) is 17.9. The molecule has 1 saturated heterocycles. The summed E-state index contributed by atoms with van der Waals surface area (Å²) in [6.45, 7) is 10.7. The number of aryl methyl sites for hydroxylation is 4. The quantitative estimate of drug-likeness (QED) is 0.416. The Balaban J connectivity index is 1.56. The number of anilines is 1. The number of hydrogen-bond acceptors (Lipinski definition) is 5. The van der Waals surface area contributed by atoms with Crippen LogP contribution in [0.4, 0.5) is 5.82 Å². The highest BCUT2D eigenvalue weighted by Gasteiger charge is 2.27. The second-order valence-corrected chi connectivity index (χ2v) is 10.2. The summed E-state index contributed by atoms with van der Waals surface area (Å²) in [5, 5.41) is 0. The van der Waals surface area contributed by atoms with Crippen LogP contribution in [0.1, 0.15) is 66.2 Å². The van der Waals surface area contributed by atoms with E-state index in [2.05, 4.69) is 80.1 Å². The Morgan fingerprint density at radius 3 is 2.42 bits per heavy atom. The SMILES string of the molecule is CCc1cccc(CC)c1-c1nc(C)c(CN(C)C2CCCc3ccccc32)c(N2CCOCC2)n1. The molecule has 2 aliphatic rings. The molecule has 2 heterocycles. The Morgan fingerprint density at radius 1 is 0.972 bits per heavy atom. The molecular weight excluding hydrogens is 444 g/mol. The lowest BCUT2D eigenvalue weighted by atomic mass is 9.87. The Hall–Kier alpha value is -2.76. The van der Waals surface area contributed by atoms with Gasteiger partial charge in [-0.2, -0.15) is 0 Å². The van der Waals surface area contributed by atoms with Crippen LogP contribution in [0.25, 0.3) is 11.4 Å². The number of fused-ring (bicyclic) bond motifs is 1. The van der Waals surface area contributed by atoms with Gasteiger partial charge in [-0.1, -0.05) is 56.3 Å². The lowest BCUT2D eigenvalue weighted by molar-refractivity contribution is 0.122. The number of benzene rings is 2. The van der Waals surface area contributed by atoms with Gasteiger partial charge in [-0.3, -0.25) is 4.90 Å². The van der Waals surface area contributed by atoms with E-state index in [1.807, 2.05) is 0 Å². The summed E-state index contributed by atoms with van der Waals surface area (Å²) in [6.07, 6.45) is 5.58. The number of aromatic nitrogens is 2. The van der Waals surface area contributed by atoms with Gasteiger partial charge in [0.25, 0.3) is 0 Å². The zero-order valence-electron chi connectivity index (χ0n) is 22.4. The van der Waals surface area contributed by atoms with Gasteiger partial charge < -0.3 is 9.64 Å². The first-order valence-corrected chi connectivity index (χ1v) is 13.7. The van der Waals surface area contributed by atoms with Gasteiger partial charge in [0, 0.05) is 42.5 Å². The van der Waals surface area contributed by atoms with Crippen molar-refractivity contribution in [3.8, 4) is 11.4 Å². The van der Waals surface area contributed by atoms with Gasteiger partial charge in [0.15, 0.2) is 5.82 Å². The first kappa shape index (κ1) is 24.9. The minimum atomic E-state index is 0.430. The van der Waals surface area contributed by atoms with Crippen LogP contribution in [-0.4, -0.2) is 48.2 Å². The van der Waals surface area contributed by atoms with E-state index in [0.717, 1.165) is 63.0 Å². The molecule has 0 bridgehead atoms. The summed E-state index contributed by atoms with van der Waals surface area (Å²) in [4.78, 5) is 15.4. The lowest BCUT2D eigenvalue weighted by Crippen LogP contribution is -2.38. The molecule has 0 N–H and O–H groups in total. The third-order valence-electron chi connectivity index (χ3n) is 8.00. The van der Waals surface area contributed by atoms with Crippen LogP contribution >= 0.6 is 0 Å². The highest BCUT2D eigenvalue weighted by Crippen LogP contribution is 2.36. The van der Waals surface area contributed by atoms with E-state index in [1.165, 1.54) is 52.6 Å². The molecule has 1 aliphatic heterocycles. The molecule has 0 amide bonds. The van der Waals surface area contributed by atoms with E-state index < -0.39 is 0 Å². The Morgan fingerprint density at radius 2 is 1.69 bits per heavy atom. The summed E-state index contributed by atoms with van der Waals surface area (Å²) in [6, 6.07) is 16.0. The Bertz CT molecular complexity index is 1180. The molecule has 0 spiro atoms. The van der Waals surface area contributed by atoms with E-state index in [-0.39, 0.29) is 0 Å². The largest absolute Gasteiger partial charge is 0.378 e. The van der Waals surface area contributed by atoms with Crippen molar-refractivity contribution >= 4 is 5.82 Å². The molecule has 36 heavy (non-hydrogen) atoms. The van der Waals surface area contributed by atoms with E-state index in [4.69, 9.17) is 14.7 Å². The van der Waals surface area contributed by atoms with Crippen molar-refractivity contribution in [1.82, 2.24) is 14.9 Å². The van der Waals surface area contributed by atoms with Crippen LogP contribution in [0, 0.1) is 6.92 Å². The minimum absolute atomic E-state index is 0.430. The van der Waals surface area contributed by atoms with Crippen molar-refractivity contribution < 1.29 is 4.74 Å². The van der Waals surface area contributed by atoms with Crippen molar-refractivity contribution in [1.29, 1.82) is 0 Å². The maximum absolute atomic E-state index is 5.70. The van der Waals surface area contributed by atoms with Crippen LogP contribution in [0.2, 0.25) is 0 Å². The van der Waals surface area contributed by atoms with Crippen LogP contribution in [0.5, 0.6) is 0 Å². The van der Waals surface area contributed by atoms with Crippen molar-refractivity contribution in [3.05, 3.63) is 76.0 Å². The zero-order chi connectivity index (χ0) is 25.1. The fraction of sp³-hybridized carbons (Fsp3) is 0.484. The summed E-state index contributed by atoms with van der Waals surface area (Å²) in [7, 11) is 2.27. The molecule has 5 rings (SSSR count). The van der Waals surface area contributed by atoms with Crippen molar-refractivity contribution in [2.24, 2.45) is 0 Å². The fourth-order valence-electron chi connectivity index (χ4n) is 5.99. The van der Waals surface area contributed by atoms with Crippen molar-refractivity contribution in [2.45, 2.75) is 65.5 Å². The minimum Gasteiger partial charge on any atom is -0.378 e. The van der Waals surface area contributed by atoms with Gasteiger partial charge in [0.1, 0.15) is 5.82 Å². The highest BCUT2D eigenvalue weighted by molar-refractivity contribution is 5.68. The Labute approximate surface area is 216 Å². The van der Waals surface area contributed by atoms with Crippen molar-refractivity contribution in [2.75, 3.05) is 38.3 Å². The topological polar surface area (TPSA) is 41.5 Å². The average Bonchev–Trinajstić information content (AvgIpc) is 2.93. The molecule has 3 aromatic rings. The zero-order valence-corrected chi connectivity index (χ0v) is 22.4. The molecule has 1 unspecified atom stereocenters. The molecule has 190 valence electrons. The molecule has 0 radical (unpaired) electrons. The summed E-state index contributed by atoms with van der Waals surface area (Å²) < 4.78 is 5.70. The third kappa shape index (κ3) is 4.91. The van der Waals surface area contributed by atoms with E-state index in [0.29, 0.717) is 6.04 Å². The van der Waals surface area contributed by atoms with Gasteiger partial charge in [0.2, 0.25) is 0 Å². The molecule has 0 saturated carbocycles. The number of rotatable bonds is 7. The summed E-state index contributed by atoms with van der Waals surface area (Å²) in [5.74, 6) is 1.96. The summed E-state index contributed by atoms with van der Waals surface area (Å²) >= 11 is 0. The van der Waals surface area contributed by atoms with Gasteiger partial charge >= 0.3 is 0 Å². The molecular formula is C31H40N4O. The van der Waals surface area contributed by atoms with Crippen LogP contribution in [0.3, 0.4) is 0 Å². The lowest BCUT2D eigenvalue weighted by Gasteiger charge is -2.35. The van der Waals surface area contributed by atoms with Crippen molar-refractivity contribution in [3.63, 3.8) is 0 Å². The predicted octanol–water partition coefficient (Wildman–Crippen LogP) is 5.92. The fourth-order valence-corrected chi connectivity index (χ4v) is 5.99. The smallest absolute Gasteiger partial charge is 0.162 e. The second-order valence-electron chi connectivity index (χ2n) is 10.2. The molecule has 5 nitrogen and oxygen atoms in total. The Kier molecular flexibility index (Phi) is 7.68. The standard InChI is InChI=1S/C31H40N4O/c1-5-23-12-9-13-24(6-2)29(23)30-32-22(3)27(31(33-30)35-17-19-36-20-18-35)21-34(4)28-16-10-14-25-11-7-8-15-26(25)28/h7-9,11-13,15,28H,5-6,10,14,16-21H2,1-4H3. The number of hydrogen-bond donors (Lipinski definition) is 0. The molecule has 1 aliphatic carbocycles. The number of nitrogens with zero attached hydrogens (tertiary/aromatic N) is 4. The average molecular weight is 485 g/mol. The van der Waals surface area contributed by atoms with Crippen LogP contribution in [0.15, 0.2) is 42.5 Å². The van der Waals surface area contributed by atoms with Gasteiger partial charge in [0.05, 0.1) is 13.2 Å². The maximum Gasteiger partial charge on any atom is 0.162 e. The number of morpholine rings is 1. The van der Waals surface area contributed by atoms with E-state index in [1.54, 1.807) is 0 Å². The maximum atomic E-state index is 5.70. The second kappa shape index (κ2) is 11.1. The summed E-state index contributed by atoms with van der Waals surface area (Å²) in [5.41, 5.74) is 9.19. The first-order chi connectivity index (χ1) is 17.6. The first-order valence-electron chi connectivity index (χ1n) is 13.7.